The fraction of sp³-hybridized carbons (Fsp3) is 0.500. The van der Waals surface area contributed by atoms with Gasteiger partial charge in [-0.1, -0.05) is 38.0 Å². The molecule has 0 heterocycles. The molecular formula is C14H20O3. The topological polar surface area (TPSA) is 46.5 Å². The first kappa shape index (κ1) is 13.6. The van der Waals surface area contributed by atoms with Gasteiger partial charge in [0.2, 0.25) is 0 Å². The molecule has 0 bridgehead atoms. The maximum atomic E-state index is 11.0. The second-order valence-electron chi connectivity index (χ2n) is 4.15. The number of carboxylic acid groups (broad SMARTS) is 1. The number of para-hydroxylation sites is 1. The predicted octanol–water partition coefficient (Wildman–Crippen LogP) is 3.44. The number of ether oxygens (including phenoxy) is 1. The molecular weight excluding hydrogens is 216 g/mol. The van der Waals surface area contributed by atoms with Crippen molar-refractivity contribution >= 4 is 5.97 Å². The van der Waals surface area contributed by atoms with Crippen molar-refractivity contribution in [1.82, 2.24) is 0 Å². The number of carboxylic acids is 1. The Bertz CT molecular complexity index is 360. The summed E-state index contributed by atoms with van der Waals surface area (Å²) in [5.74, 6) is -0.662. The van der Waals surface area contributed by atoms with E-state index in [9.17, 15) is 4.79 Å². The number of unbranched alkanes of at least 4 members (excludes halogenated alkanes) is 2. The van der Waals surface area contributed by atoms with E-state index in [1.54, 1.807) is 6.92 Å². The third-order valence-corrected chi connectivity index (χ3v) is 2.76. The number of carbonyl (C=O) groups is 1. The number of benzene rings is 1. The smallest absolute Gasteiger partial charge is 0.310 e. The van der Waals surface area contributed by atoms with Crippen molar-refractivity contribution in [3.63, 3.8) is 0 Å². The molecule has 0 spiro atoms. The molecule has 1 unspecified atom stereocenters. The van der Waals surface area contributed by atoms with Gasteiger partial charge in [-0.2, -0.15) is 0 Å². The van der Waals surface area contributed by atoms with Gasteiger partial charge in [0.15, 0.2) is 0 Å². The third kappa shape index (κ3) is 4.10. The molecule has 0 radical (unpaired) electrons. The van der Waals surface area contributed by atoms with Crippen LogP contribution in [0.1, 0.15) is 44.6 Å². The molecule has 0 amide bonds. The summed E-state index contributed by atoms with van der Waals surface area (Å²) in [7, 11) is 0. The molecule has 0 saturated carbocycles. The lowest BCUT2D eigenvalue weighted by atomic mass is 10.0. The van der Waals surface area contributed by atoms with E-state index < -0.39 is 11.9 Å². The molecule has 17 heavy (non-hydrogen) atoms. The van der Waals surface area contributed by atoms with Crippen molar-refractivity contribution in [1.29, 1.82) is 0 Å². The van der Waals surface area contributed by atoms with Crippen molar-refractivity contribution < 1.29 is 14.6 Å². The molecule has 1 aromatic rings. The van der Waals surface area contributed by atoms with Gasteiger partial charge in [-0.05, 0) is 19.4 Å². The molecule has 1 rings (SSSR count). The van der Waals surface area contributed by atoms with Crippen LogP contribution < -0.4 is 4.74 Å². The van der Waals surface area contributed by atoms with E-state index in [4.69, 9.17) is 9.84 Å². The van der Waals surface area contributed by atoms with Crippen LogP contribution in [-0.4, -0.2) is 17.7 Å². The summed E-state index contributed by atoms with van der Waals surface area (Å²) < 4.78 is 5.65. The summed E-state index contributed by atoms with van der Waals surface area (Å²) >= 11 is 0. The monoisotopic (exact) mass is 236 g/mol. The molecule has 0 aliphatic rings. The molecule has 1 atom stereocenters. The highest BCUT2D eigenvalue weighted by Gasteiger charge is 2.17. The van der Waals surface area contributed by atoms with Crippen molar-refractivity contribution in [3.05, 3.63) is 29.8 Å². The van der Waals surface area contributed by atoms with Crippen LogP contribution >= 0.6 is 0 Å². The highest BCUT2D eigenvalue weighted by Crippen LogP contribution is 2.26. The Morgan fingerprint density at radius 2 is 2.06 bits per heavy atom. The fourth-order valence-corrected chi connectivity index (χ4v) is 1.64. The minimum atomic E-state index is -0.824. The molecule has 3 heteroatoms. The van der Waals surface area contributed by atoms with Gasteiger partial charge in [-0.3, -0.25) is 4.79 Å². The zero-order valence-corrected chi connectivity index (χ0v) is 10.5. The Morgan fingerprint density at radius 1 is 1.35 bits per heavy atom. The second kappa shape index (κ2) is 6.94. The van der Waals surface area contributed by atoms with E-state index in [-0.39, 0.29) is 0 Å². The molecule has 1 aromatic carbocycles. The van der Waals surface area contributed by atoms with Gasteiger partial charge in [0.25, 0.3) is 0 Å². The first-order valence-corrected chi connectivity index (χ1v) is 6.11. The average molecular weight is 236 g/mol. The Kier molecular flexibility index (Phi) is 5.53. The lowest BCUT2D eigenvalue weighted by Gasteiger charge is -2.13. The largest absolute Gasteiger partial charge is 0.493 e. The molecule has 0 aliphatic heterocycles. The number of rotatable bonds is 7. The zero-order chi connectivity index (χ0) is 12.7. The molecule has 1 N–H and O–H groups in total. The van der Waals surface area contributed by atoms with E-state index >= 15 is 0 Å². The molecule has 94 valence electrons. The summed E-state index contributed by atoms with van der Waals surface area (Å²) in [4.78, 5) is 11.0. The molecule has 0 aromatic heterocycles. The predicted molar refractivity (Wildman–Crippen MR) is 67.5 cm³/mol. The van der Waals surface area contributed by atoms with E-state index in [2.05, 4.69) is 6.92 Å². The zero-order valence-electron chi connectivity index (χ0n) is 10.5. The van der Waals surface area contributed by atoms with Gasteiger partial charge in [0.1, 0.15) is 5.75 Å². The fourth-order valence-electron chi connectivity index (χ4n) is 1.64. The van der Waals surface area contributed by atoms with Crippen LogP contribution in [0.15, 0.2) is 24.3 Å². The summed E-state index contributed by atoms with van der Waals surface area (Å²) in [5.41, 5.74) is 0.747. The standard InChI is InChI=1S/C14H20O3/c1-3-4-7-10-17-13-9-6-5-8-12(13)11(2)14(15)16/h5-6,8-9,11H,3-4,7,10H2,1-2H3,(H,15,16). The first-order valence-electron chi connectivity index (χ1n) is 6.11. The van der Waals surface area contributed by atoms with Crippen LogP contribution in [0.4, 0.5) is 0 Å². The molecule has 0 saturated heterocycles. The maximum absolute atomic E-state index is 11.0. The van der Waals surface area contributed by atoms with Gasteiger partial charge in [0.05, 0.1) is 12.5 Å². The highest BCUT2D eigenvalue weighted by atomic mass is 16.5. The van der Waals surface area contributed by atoms with Gasteiger partial charge in [-0.25, -0.2) is 0 Å². The summed E-state index contributed by atoms with van der Waals surface area (Å²) in [6.07, 6.45) is 3.29. The Labute approximate surface area is 102 Å². The van der Waals surface area contributed by atoms with Crippen LogP contribution in [0.3, 0.4) is 0 Å². The molecule has 0 aliphatic carbocycles. The van der Waals surface area contributed by atoms with Gasteiger partial charge >= 0.3 is 5.97 Å². The molecule has 0 fully saturated rings. The SMILES string of the molecule is CCCCCOc1ccccc1C(C)C(=O)O. The molecule has 3 nitrogen and oxygen atoms in total. The maximum Gasteiger partial charge on any atom is 0.310 e. The Morgan fingerprint density at radius 3 is 2.71 bits per heavy atom. The van der Waals surface area contributed by atoms with Crippen molar-refractivity contribution in [2.24, 2.45) is 0 Å². The highest BCUT2D eigenvalue weighted by molar-refractivity contribution is 5.76. The van der Waals surface area contributed by atoms with Crippen LogP contribution in [-0.2, 0) is 4.79 Å². The van der Waals surface area contributed by atoms with E-state index in [1.165, 1.54) is 0 Å². The first-order chi connectivity index (χ1) is 8.16. The van der Waals surface area contributed by atoms with Crippen LogP contribution in [0.25, 0.3) is 0 Å². The van der Waals surface area contributed by atoms with Crippen LogP contribution in [0, 0.1) is 0 Å². The summed E-state index contributed by atoms with van der Waals surface area (Å²) in [5, 5.41) is 9.01. The lowest BCUT2D eigenvalue weighted by molar-refractivity contribution is -0.138. The average Bonchev–Trinajstić information content (AvgIpc) is 2.34. The number of hydrogen-bond donors (Lipinski definition) is 1. The second-order valence-corrected chi connectivity index (χ2v) is 4.15. The van der Waals surface area contributed by atoms with Crippen molar-refractivity contribution in [2.45, 2.75) is 39.0 Å². The minimum absolute atomic E-state index is 0.530. The van der Waals surface area contributed by atoms with E-state index in [0.717, 1.165) is 24.8 Å². The quantitative estimate of drug-likeness (QED) is 0.738. The van der Waals surface area contributed by atoms with Gasteiger partial charge in [0, 0.05) is 5.56 Å². The summed E-state index contributed by atoms with van der Waals surface area (Å²) in [6, 6.07) is 7.36. The number of aliphatic carboxylic acids is 1. The lowest BCUT2D eigenvalue weighted by Crippen LogP contribution is -2.10. The van der Waals surface area contributed by atoms with E-state index in [1.807, 2.05) is 24.3 Å². The third-order valence-electron chi connectivity index (χ3n) is 2.76. The van der Waals surface area contributed by atoms with Gasteiger partial charge < -0.3 is 9.84 Å². The Hall–Kier alpha value is -1.51. The van der Waals surface area contributed by atoms with Crippen LogP contribution in [0.2, 0.25) is 0 Å². The minimum Gasteiger partial charge on any atom is -0.493 e. The summed E-state index contributed by atoms with van der Waals surface area (Å²) in [6.45, 7) is 4.47. The van der Waals surface area contributed by atoms with Gasteiger partial charge in [-0.15, -0.1) is 0 Å². The number of hydrogen-bond acceptors (Lipinski definition) is 2. The van der Waals surface area contributed by atoms with Crippen molar-refractivity contribution in [2.75, 3.05) is 6.61 Å². The Balaban J connectivity index is 2.67. The van der Waals surface area contributed by atoms with Crippen LogP contribution in [0.5, 0.6) is 5.75 Å². The van der Waals surface area contributed by atoms with E-state index in [0.29, 0.717) is 12.4 Å². The van der Waals surface area contributed by atoms with Crippen molar-refractivity contribution in [3.8, 4) is 5.75 Å². The normalized spacial score (nSPS) is 12.1.